The van der Waals surface area contributed by atoms with Crippen LogP contribution in [0, 0.1) is 0 Å². The highest BCUT2D eigenvalue weighted by atomic mass is 16.3. The monoisotopic (exact) mass is 258 g/mol. The molecule has 2 heterocycles. The van der Waals surface area contributed by atoms with Crippen molar-refractivity contribution in [1.82, 2.24) is 9.88 Å². The zero-order chi connectivity index (χ0) is 13.3. The average molecular weight is 258 g/mol. The molecule has 3 heteroatoms. The van der Waals surface area contributed by atoms with Gasteiger partial charge in [-0.15, -0.1) is 0 Å². The Morgan fingerprint density at radius 3 is 3.00 bits per heavy atom. The molecule has 1 unspecified atom stereocenters. The number of rotatable bonds is 2. The predicted molar refractivity (Wildman–Crippen MR) is 78.2 cm³/mol. The quantitative estimate of drug-likeness (QED) is 0.869. The SMILES string of the molecule is CCN1CCCC(O)(c2cccc3[nH]ccc23)CC1. The van der Waals surface area contributed by atoms with E-state index < -0.39 is 5.60 Å². The number of aromatic amines is 1. The van der Waals surface area contributed by atoms with Crippen molar-refractivity contribution in [3.8, 4) is 0 Å². The smallest absolute Gasteiger partial charge is 0.0915 e. The van der Waals surface area contributed by atoms with Crippen molar-refractivity contribution < 1.29 is 5.11 Å². The van der Waals surface area contributed by atoms with E-state index in [2.05, 4.69) is 35.0 Å². The fourth-order valence-corrected chi connectivity index (χ4v) is 3.25. The summed E-state index contributed by atoms with van der Waals surface area (Å²) in [6.07, 6.45) is 4.69. The molecule has 0 bridgehead atoms. The highest BCUT2D eigenvalue weighted by molar-refractivity contribution is 5.83. The van der Waals surface area contributed by atoms with Gasteiger partial charge in [0.2, 0.25) is 0 Å². The number of benzene rings is 1. The Labute approximate surface area is 114 Å². The molecule has 1 fully saturated rings. The summed E-state index contributed by atoms with van der Waals surface area (Å²) in [7, 11) is 0. The first-order valence-corrected chi connectivity index (χ1v) is 7.24. The number of hydrogen-bond acceptors (Lipinski definition) is 2. The summed E-state index contributed by atoms with van der Waals surface area (Å²) < 4.78 is 0. The van der Waals surface area contributed by atoms with E-state index in [0.717, 1.165) is 55.4 Å². The van der Waals surface area contributed by atoms with E-state index in [4.69, 9.17) is 0 Å². The number of likely N-dealkylation sites (tertiary alicyclic amines) is 1. The number of hydrogen-bond donors (Lipinski definition) is 2. The lowest BCUT2D eigenvalue weighted by molar-refractivity contribution is 0.0228. The number of nitrogens with zero attached hydrogens (tertiary/aromatic N) is 1. The van der Waals surface area contributed by atoms with Crippen LogP contribution in [-0.2, 0) is 5.60 Å². The maximum Gasteiger partial charge on any atom is 0.0915 e. The molecule has 0 saturated carbocycles. The Bertz CT molecular complexity index is 563. The van der Waals surface area contributed by atoms with Crippen molar-refractivity contribution in [2.45, 2.75) is 31.8 Å². The molecular weight excluding hydrogens is 236 g/mol. The van der Waals surface area contributed by atoms with Gasteiger partial charge < -0.3 is 15.0 Å². The van der Waals surface area contributed by atoms with Crippen LogP contribution >= 0.6 is 0 Å². The Morgan fingerprint density at radius 2 is 2.16 bits per heavy atom. The van der Waals surface area contributed by atoms with Gasteiger partial charge in [0.1, 0.15) is 0 Å². The molecule has 3 nitrogen and oxygen atoms in total. The number of aromatic nitrogens is 1. The summed E-state index contributed by atoms with van der Waals surface area (Å²) in [5, 5.41) is 12.3. The fourth-order valence-electron chi connectivity index (χ4n) is 3.25. The molecule has 0 aliphatic carbocycles. The third kappa shape index (κ3) is 2.28. The van der Waals surface area contributed by atoms with Crippen molar-refractivity contribution in [2.24, 2.45) is 0 Å². The molecule has 2 aromatic rings. The van der Waals surface area contributed by atoms with Crippen molar-refractivity contribution in [1.29, 1.82) is 0 Å². The molecule has 1 aliphatic heterocycles. The first kappa shape index (κ1) is 12.7. The molecule has 0 radical (unpaired) electrons. The van der Waals surface area contributed by atoms with Gasteiger partial charge in [-0.25, -0.2) is 0 Å². The van der Waals surface area contributed by atoms with Gasteiger partial charge in [-0.3, -0.25) is 0 Å². The minimum atomic E-state index is -0.675. The lowest BCUT2D eigenvalue weighted by Gasteiger charge is -2.28. The van der Waals surface area contributed by atoms with E-state index in [9.17, 15) is 5.11 Å². The topological polar surface area (TPSA) is 39.3 Å². The van der Waals surface area contributed by atoms with Crippen LogP contribution in [0.5, 0.6) is 0 Å². The number of nitrogens with one attached hydrogen (secondary N) is 1. The Balaban J connectivity index is 1.97. The second kappa shape index (κ2) is 4.99. The molecular formula is C16H22N2O. The molecule has 0 amide bonds. The zero-order valence-electron chi connectivity index (χ0n) is 11.5. The summed E-state index contributed by atoms with van der Waals surface area (Å²) in [6, 6.07) is 8.26. The molecule has 1 saturated heterocycles. The lowest BCUT2D eigenvalue weighted by atomic mass is 9.85. The van der Waals surface area contributed by atoms with E-state index in [0.29, 0.717) is 0 Å². The van der Waals surface area contributed by atoms with Crippen LogP contribution in [0.1, 0.15) is 31.7 Å². The molecule has 1 atom stereocenters. The molecule has 2 N–H and O–H groups in total. The van der Waals surface area contributed by atoms with E-state index in [-0.39, 0.29) is 0 Å². The van der Waals surface area contributed by atoms with Crippen LogP contribution in [0.25, 0.3) is 10.9 Å². The van der Waals surface area contributed by atoms with Gasteiger partial charge in [0, 0.05) is 23.6 Å². The third-order valence-corrected chi connectivity index (χ3v) is 4.45. The molecule has 1 aromatic carbocycles. The summed E-state index contributed by atoms with van der Waals surface area (Å²) in [5.74, 6) is 0. The van der Waals surface area contributed by atoms with E-state index >= 15 is 0 Å². The van der Waals surface area contributed by atoms with Crippen LogP contribution in [0.4, 0.5) is 0 Å². The molecule has 0 spiro atoms. The zero-order valence-corrected chi connectivity index (χ0v) is 11.5. The lowest BCUT2D eigenvalue weighted by Crippen LogP contribution is -2.29. The van der Waals surface area contributed by atoms with Gasteiger partial charge in [-0.05, 0) is 50.0 Å². The summed E-state index contributed by atoms with van der Waals surface area (Å²) in [6.45, 7) is 5.34. The number of fused-ring (bicyclic) bond motifs is 1. The van der Waals surface area contributed by atoms with Crippen molar-refractivity contribution in [2.75, 3.05) is 19.6 Å². The first-order chi connectivity index (χ1) is 9.23. The van der Waals surface area contributed by atoms with Gasteiger partial charge in [0.15, 0.2) is 0 Å². The maximum atomic E-state index is 11.1. The normalized spacial score (nSPS) is 25.6. The van der Waals surface area contributed by atoms with E-state index in [1.807, 2.05) is 12.3 Å². The van der Waals surface area contributed by atoms with Gasteiger partial charge in [0.25, 0.3) is 0 Å². The van der Waals surface area contributed by atoms with E-state index in [1.54, 1.807) is 0 Å². The second-order valence-corrected chi connectivity index (χ2v) is 5.56. The van der Waals surface area contributed by atoms with E-state index in [1.165, 1.54) is 0 Å². The Morgan fingerprint density at radius 1 is 1.26 bits per heavy atom. The standard InChI is InChI=1S/C16H22N2O/c1-2-18-11-4-8-16(19,9-12-18)14-5-3-6-15-13(14)7-10-17-15/h3,5-7,10,17,19H,2,4,8-9,11-12H2,1H3. The summed E-state index contributed by atoms with van der Waals surface area (Å²) >= 11 is 0. The molecule has 1 aliphatic rings. The largest absolute Gasteiger partial charge is 0.385 e. The Hall–Kier alpha value is -1.32. The van der Waals surface area contributed by atoms with Crippen molar-refractivity contribution >= 4 is 10.9 Å². The van der Waals surface area contributed by atoms with Gasteiger partial charge in [-0.2, -0.15) is 0 Å². The van der Waals surface area contributed by atoms with Crippen LogP contribution in [-0.4, -0.2) is 34.6 Å². The molecule has 3 rings (SSSR count). The van der Waals surface area contributed by atoms with Crippen LogP contribution < -0.4 is 0 Å². The number of aliphatic hydroxyl groups is 1. The summed E-state index contributed by atoms with van der Waals surface area (Å²) in [5.41, 5.74) is 1.53. The van der Waals surface area contributed by atoms with Crippen LogP contribution in [0.15, 0.2) is 30.5 Å². The highest BCUT2D eigenvalue weighted by Crippen LogP contribution is 2.36. The van der Waals surface area contributed by atoms with Crippen LogP contribution in [0.3, 0.4) is 0 Å². The van der Waals surface area contributed by atoms with Gasteiger partial charge >= 0.3 is 0 Å². The summed E-state index contributed by atoms with van der Waals surface area (Å²) in [4.78, 5) is 5.66. The van der Waals surface area contributed by atoms with Crippen molar-refractivity contribution in [3.05, 3.63) is 36.0 Å². The minimum Gasteiger partial charge on any atom is -0.385 e. The van der Waals surface area contributed by atoms with Gasteiger partial charge in [0.05, 0.1) is 5.60 Å². The Kier molecular flexibility index (Phi) is 3.33. The fraction of sp³-hybridized carbons (Fsp3) is 0.500. The second-order valence-electron chi connectivity index (χ2n) is 5.56. The molecule has 1 aromatic heterocycles. The predicted octanol–water partition coefficient (Wildman–Crippen LogP) is 2.86. The molecule has 19 heavy (non-hydrogen) atoms. The third-order valence-electron chi connectivity index (χ3n) is 4.45. The highest BCUT2D eigenvalue weighted by Gasteiger charge is 2.32. The number of H-pyrrole nitrogens is 1. The average Bonchev–Trinajstić information content (AvgIpc) is 2.82. The van der Waals surface area contributed by atoms with Crippen molar-refractivity contribution in [3.63, 3.8) is 0 Å². The molecule has 102 valence electrons. The first-order valence-electron chi connectivity index (χ1n) is 7.24. The maximum absolute atomic E-state index is 11.1. The van der Waals surface area contributed by atoms with Crippen LogP contribution in [0.2, 0.25) is 0 Å². The minimum absolute atomic E-state index is 0.675. The van der Waals surface area contributed by atoms with Gasteiger partial charge in [-0.1, -0.05) is 19.1 Å².